The molecule has 0 radical (unpaired) electrons. The topological polar surface area (TPSA) is 92.9 Å². The van der Waals surface area contributed by atoms with Crippen molar-refractivity contribution in [2.75, 3.05) is 13.7 Å². The minimum atomic E-state index is -0.918. The summed E-state index contributed by atoms with van der Waals surface area (Å²) < 4.78 is 4.95. The summed E-state index contributed by atoms with van der Waals surface area (Å²) in [6, 6.07) is 4.74. The molecule has 0 bridgehead atoms. The van der Waals surface area contributed by atoms with Crippen LogP contribution in [-0.4, -0.2) is 40.6 Å². The fourth-order valence-corrected chi connectivity index (χ4v) is 2.01. The Hall–Kier alpha value is -2.15. The van der Waals surface area contributed by atoms with Gasteiger partial charge in [-0.3, -0.25) is 19.8 Å². The predicted molar refractivity (Wildman–Crippen MR) is 77.4 cm³/mol. The summed E-state index contributed by atoms with van der Waals surface area (Å²) in [6.45, 7) is 4.14. The SMILES string of the molecule is CCC(C)N(CC(=O)O)Cc1ccc(OC)c([N+](=O)[O-])c1. The van der Waals surface area contributed by atoms with Crippen LogP contribution in [0.25, 0.3) is 0 Å². The third kappa shape index (κ3) is 4.71. The number of methoxy groups -OCH3 is 1. The molecule has 7 heteroatoms. The Kier molecular flexibility index (Phi) is 6.10. The predicted octanol–water partition coefficient (Wildman–Crippen LogP) is 2.29. The van der Waals surface area contributed by atoms with Crippen LogP contribution in [-0.2, 0) is 11.3 Å². The van der Waals surface area contributed by atoms with E-state index in [2.05, 4.69) is 0 Å². The lowest BCUT2D eigenvalue weighted by Crippen LogP contribution is -2.36. The highest BCUT2D eigenvalue weighted by Crippen LogP contribution is 2.28. The number of carbonyl (C=O) groups is 1. The first kappa shape index (κ1) is 16.9. The molecular formula is C14H20N2O5. The van der Waals surface area contributed by atoms with Gasteiger partial charge in [0.05, 0.1) is 18.6 Å². The van der Waals surface area contributed by atoms with Crippen molar-refractivity contribution in [1.29, 1.82) is 0 Å². The molecular weight excluding hydrogens is 276 g/mol. The van der Waals surface area contributed by atoms with Gasteiger partial charge in [-0.15, -0.1) is 0 Å². The molecule has 0 amide bonds. The van der Waals surface area contributed by atoms with E-state index in [9.17, 15) is 14.9 Å². The molecule has 1 aromatic carbocycles. The summed E-state index contributed by atoms with van der Waals surface area (Å²) in [5.74, 6) is -0.726. The Balaban J connectivity index is 3.00. The van der Waals surface area contributed by atoms with Crippen LogP contribution < -0.4 is 4.74 Å². The van der Waals surface area contributed by atoms with Gasteiger partial charge >= 0.3 is 11.7 Å². The number of hydrogen-bond acceptors (Lipinski definition) is 5. The van der Waals surface area contributed by atoms with Crippen LogP contribution in [0.1, 0.15) is 25.8 Å². The van der Waals surface area contributed by atoms with Crippen molar-refractivity contribution in [1.82, 2.24) is 4.90 Å². The summed E-state index contributed by atoms with van der Waals surface area (Å²) in [5.41, 5.74) is 0.568. The van der Waals surface area contributed by atoms with Crippen LogP contribution in [0.4, 0.5) is 5.69 Å². The van der Waals surface area contributed by atoms with Gasteiger partial charge in [-0.2, -0.15) is 0 Å². The maximum Gasteiger partial charge on any atom is 0.317 e. The van der Waals surface area contributed by atoms with Crippen LogP contribution >= 0.6 is 0 Å². The second-order valence-corrected chi connectivity index (χ2v) is 4.82. The van der Waals surface area contributed by atoms with E-state index in [0.29, 0.717) is 12.1 Å². The van der Waals surface area contributed by atoms with Crippen molar-refractivity contribution in [3.8, 4) is 5.75 Å². The Morgan fingerprint density at radius 2 is 2.19 bits per heavy atom. The lowest BCUT2D eigenvalue weighted by atomic mass is 10.1. The van der Waals surface area contributed by atoms with Gasteiger partial charge in [-0.25, -0.2) is 0 Å². The third-order valence-corrected chi connectivity index (χ3v) is 3.38. The molecule has 21 heavy (non-hydrogen) atoms. The second kappa shape index (κ2) is 7.58. The maximum absolute atomic E-state index is 11.0. The van der Waals surface area contributed by atoms with Crippen LogP contribution in [0.15, 0.2) is 18.2 Å². The number of nitro groups is 1. The van der Waals surface area contributed by atoms with E-state index in [1.54, 1.807) is 11.0 Å². The van der Waals surface area contributed by atoms with Crippen molar-refractivity contribution in [3.05, 3.63) is 33.9 Å². The molecule has 7 nitrogen and oxygen atoms in total. The number of nitro benzene ring substituents is 1. The molecule has 0 fully saturated rings. The second-order valence-electron chi connectivity index (χ2n) is 4.82. The fourth-order valence-electron chi connectivity index (χ4n) is 2.01. The number of carboxylic acid groups (broad SMARTS) is 1. The lowest BCUT2D eigenvalue weighted by Gasteiger charge is -2.26. The number of nitrogens with zero attached hydrogens (tertiary/aromatic N) is 2. The van der Waals surface area contributed by atoms with Crippen LogP contribution in [0.2, 0.25) is 0 Å². The first-order valence-corrected chi connectivity index (χ1v) is 6.66. The standard InChI is InChI=1S/C14H20N2O5/c1-4-10(2)15(9-14(17)18)8-11-5-6-13(21-3)12(7-11)16(19)20/h5-7,10H,4,8-9H2,1-3H3,(H,17,18). The van der Waals surface area contributed by atoms with E-state index in [-0.39, 0.29) is 24.0 Å². The van der Waals surface area contributed by atoms with Gasteiger partial charge < -0.3 is 9.84 Å². The summed E-state index contributed by atoms with van der Waals surface area (Å²) in [7, 11) is 1.37. The molecule has 1 aromatic rings. The Morgan fingerprint density at radius 1 is 1.52 bits per heavy atom. The molecule has 0 aliphatic heterocycles. The van der Waals surface area contributed by atoms with E-state index in [1.807, 2.05) is 13.8 Å². The smallest absolute Gasteiger partial charge is 0.317 e. The number of rotatable bonds is 8. The first-order chi connectivity index (χ1) is 9.88. The van der Waals surface area contributed by atoms with E-state index in [4.69, 9.17) is 9.84 Å². The molecule has 0 spiro atoms. The van der Waals surface area contributed by atoms with Crippen molar-refractivity contribution in [3.63, 3.8) is 0 Å². The average Bonchev–Trinajstić information content (AvgIpc) is 2.45. The van der Waals surface area contributed by atoms with Gasteiger partial charge in [-0.1, -0.05) is 13.0 Å². The summed E-state index contributed by atoms with van der Waals surface area (Å²) >= 11 is 0. The minimum Gasteiger partial charge on any atom is -0.490 e. The van der Waals surface area contributed by atoms with E-state index in [0.717, 1.165) is 6.42 Å². The molecule has 1 N–H and O–H groups in total. The Bertz CT molecular complexity index is 518. The zero-order valence-electron chi connectivity index (χ0n) is 12.4. The van der Waals surface area contributed by atoms with Gasteiger partial charge in [0.15, 0.2) is 5.75 Å². The molecule has 0 aromatic heterocycles. The summed E-state index contributed by atoms with van der Waals surface area (Å²) in [4.78, 5) is 23.2. The summed E-state index contributed by atoms with van der Waals surface area (Å²) in [6.07, 6.45) is 0.797. The first-order valence-electron chi connectivity index (χ1n) is 6.66. The fraction of sp³-hybridized carbons (Fsp3) is 0.500. The molecule has 0 saturated carbocycles. The van der Waals surface area contributed by atoms with Crippen LogP contribution in [0.5, 0.6) is 5.75 Å². The Labute approximate surface area is 123 Å². The number of hydrogen-bond donors (Lipinski definition) is 1. The molecule has 1 rings (SSSR count). The van der Waals surface area contributed by atoms with Gasteiger partial charge in [0.1, 0.15) is 0 Å². The number of ether oxygens (including phenoxy) is 1. The average molecular weight is 296 g/mol. The zero-order valence-corrected chi connectivity index (χ0v) is 12.4. The largest absolute Gasteiger partial charge is 0.490 e. The number of carboxylic acids is 1. The monoisotopic (exact) mass is 296 g/mol. The normalized spacial score (nSPS) is 12.2. The van der Waals surface area contributed by atoms with Crippen LogP contribution in [0.3, 0.4) is 0 Å². The van der Waals surface area contributed by atoms with Crippen molar-refractivity contribution in [2.45, 2.75) is 32.9 Å². The van der Waals surface area contributed by atoms with E-state index < -0.39 is 10.9 Å². The lowest BCUT2D eigenvalue weighted by molar-refractivity contribution is -0.385. The van der Waals surface area contributed by atoms with Gasteiger partial charge in [0.25, 0.3) is 0 Å². The van der Waals surface area contributed by atoms with Crippen molar-refractivity contribution >= 4 is 11.7 Å². The summed E-state index contributed by atoms with van der Waals surface area (Å²) in [5, 5.41) is 20.0. The minimum absolute atomic E-state index is 0.0715. The molecule has 1 unspecified atom stereocenters. The molecule has 0 heterocycles. The van der Waals surface area contributed by atoms with Crippen molar-refractivity contribution in [2.24, 2.45) is 0 Å². The molecule has 1 atom stereocenters. The highest BCUT2D eigenvalue weighted by molar-refractivity contribution is 5.69. The highest BCUT2D eigenvalue weighted by atomic mass is 16.6. The molecule has 116 valence electrons. The van der Waals surface area contributed by atoms with E-state index >= 15 is 0 Å². The Morgan fingerprint density at radius 3 is 2.67 bits per heavy atom. The molecule has 0 aliphatic rings. The van der Waals surface area contributed by atoms with Crippen molar-refractivity contribution < 1.29 is 19.6 Å². The zero-order chi connectivity index (χ0) is 16.0. The molecule has 0 saturated heterocycles. The number of benzene rings is 1. The molecule has 0 aliphatic carbocycles. The highest BCUT2D eigenvalue weighted by Gasteiger charge is 2.19. The van der Waals surface area contributed by atoms with Gasteiger partial charge in [-0.05, 0) is 25.0 Å². The van der Waals surface area contributed by atoms with Gasteiger partial charge in [0.2, 0.25) is 0 Å². The maximum atomic E-state index is 11.0. The third-order valence-electron chi connectivity index (χ3n) is 3.38. The quantitative estimate of drug-likeness (QED) is 0.584. The van der Waals surface area contributed by atoms with Gasteiger partial charge in [0, 0.05) is 18.7 Å². The van der Waals surface area contributed by atoms with Crippen LogP contribution in [0, 0.1) is 10.1 Å². The van der Waals surface area contributed by atoms with E-state index in [1.165, 1.54) is 19.2 Å². The number of aliphatic carboxylic acids is 1.